The molecule has 2 rings (SSSR count). The molecule has 0 spiro atoms. The Bertz CT molecular complexity index is 615. The number of carboxylic acids is 1. The van der Waals surface area contributed by atoms with Gasteiger partial charge in [-0.1, -0.05) is 12.1 Å². The molecule has 1 heterocycles. The van der Waals surface area contributed by atoms with E-state index in [2.05, 4.69) is 12.0 Å². The van der Waals surface area contributed by atoms with Crippen molar-refractivity contribution in [2.75, 3.05) is 0 Å². The Morgan fingerprint density at radius 3 is 2.63 bits per heavy atom. The summed E-state index contributed by atoms with van der Waals surface area (Å²) in [5, 5.41) is 13.2. The summed E-state index contributed by atoms with van der Waals surface area (Å²) in [5.74, 6) is -0.771. The monoisotopic (exact) mass is 258 g/mol. The number of rotatable bonds is 4. The van der Waals surface area contributed by atoms with Gasteiger partial charge in [0.2, 0.25) is 0 Å². The second-order valence-electron chi connectivity index (χ2n) is 4.77. The van der Waals surface area contributed by atoms with E-state index in [0.717, 1.165) is 22.6 Å². The first-order valence-electron chi connectivity index (χ1n) is 6.33. The number of carbonyl (C=O) groups is 1. The van der Waals surface area contributed by atoms with Gasteiger partial charge in [-0.05, 0) is 50.5 Å². The molecule has 0 saturated heterocycles. The van der Waals surface area contributed by atoms with Crippen LogP contribution in [0, 0.1) is 20.8 Å². The molecule has 2 aromatic rings. The van der Waals surface area contributed by atoms with Crippen LogP contribution in [0.5, 0.6) is 0 Å². The SMILES string of the molecule is Cc1nn(-c2cccc(CCC(=O)O)c2)c(C)c1C. The summed E-state index contributed by atoms with van der Waals surface area (Å²) < 4.78 is 1.91. The molecule has 0 aliphatic rings. The second kappa shape index (κ2) is 5.26. The van der Waals surface area contributed by atoms with Crippen LogP contribution in [0.15, 0.2) is 24.3 Å². The molecule has 0 radical (unpaired) electrons. The van der Waals surface area contributed by atoms with Gasteiger partial charge in [-0.15, -0.1) is 0 Å². The molecule has 19 heavy (non-hydrogen) atoms. The molecule has 1 N–H and O–H groups in total. The molecule has 0 aliphatic heterocycles. The third-order valence-corrected chi connectivity index (χ3v) is 3.44. The van der Waals surface area contributed by atoms with Gasteiger partial charge in [-0.2, -0.15) is 5.10 Å². The first-order valence-corrected chi connectivity index (χ1v) is 6.33. The van der Waals surface area contributed by atoms with Crippen molar-refractivity contribution in [1.29, 1.82) is 0 Å². The summed E-state index contributed by atoms with van der Waals surface area (Å²) in [4.78, 5) is 10.6. The van der Waals surface area contributed by atoms with Crippen LogP contribution in [-0.2, 0) is 11.2 Å². The maximum absolute atomic E-state index is 10.6. The van der Waals surface area contributed by atoms with Gasteiger partial charge in [-0.25, -0.2) is 4.68 Å². The van der Waals surface area contributed by atoms with E-state index >= 15 is 0 Å². The molecule has 0 saturated carbocycles. The highest BCUT2D eigenvalue weighted by atomic mass is 16.4. The smallest absolute Gasteiger partial charge is 0.303 e. The fourth-order valence-corrected chi connectivity index (χ4v) is 2.07. The zero-order valence-electron chi connectivity index (χ0n) is 11.5. The van der Waals surface area contributed by atoms with Gasteiger partial charge >= 0.3 is 5.97 Å². The Morgan fingerprint density at radius 2 is 2.05 bits per heavy atom. The molecule has 4 heteroatoms. The first kappa shape index (κ1) is 13.3. The number of carboxylic acid groups (broad SMARTS) is 1. The van der Waals surface area contributed by atoms with Gasteiger partial charge in [0, 0.05) is 12.1 Å². The number of hydrogen-bond acceptors (Lipinski definition) is 2. The highest BCUT2D eigenvalue weighted by Gasteiger charge is 2.09. The lowest BCUT2D eigenvalue weighted by atomic mass is 10.1. The molecule has 0 fully saturated rings. The predicted molar refractivity (Wildman–Crippen MR) is 73.7 cm³/mol. The number of aliphatic carboxylic acids is 1. The molecule has 0 unspecified atom stereocenters. The summed E-state index contributed by atoms with van der Waals surface area (Å²) in [6.45, 7) is 6.09. The molecule has 0 amide bonds. The fourth-order valence-electron chi connectivity index (χ4n) is 2.07. The van der Waals surface area contributed by atoms with Crippen molar-refractivity contribution < 1.29 is 9.90 Å². The summed E-state index contributed by atoms with van der Waals surface area (Å²) >= 11 is 0. The topological polar surface area (TPSA) is 55.1 Å². The van der Waals surface area contributed by atoms with E-state index in [-0.39, 0.29) is 6.42 Å². The summed E-state index contributed by atoms with van der Waals surface area (Å²) in [7, 11) is 0. The number of hydrogen-bond donors (Lipinski definition) is 1. The summed E-state index contributed by atoms with van der Waals surface area (Å²) in [6.07, 6.45) is 0.695. The Labute approximate surface area is 112 Å². The minimum atomic E-state index is -0.771. The highest BCUT2D eigenvalue weighted by Crippen LogP contribution is 2.18. The van der Waals surface area contributed by atoms with E-state index < -0.39 is 5.97 Å². The molecular weight excluding hydrogens is 240 g/mol. The Morgan fingerprint density at radius 1 is 1.32 bits per heavy atom. The van der Waals surface area contributed by atoms with E-state index in [0.29, 0.717) is 6.42 Å². The van der Waals surface area contributed by atoms with Crippen LogP contribution in [0.25, 0.3) is 5.69 Å². The van der Waals surface area contributed by atoms with Crippen LogP contribution >= 0.6 is 0 Å². The molecule has 0 bridgehead atoms. The van der Waals surface area contributed by atoms with Gasteiger partial charge in [-0.3, -0.25) is 4.79 Å². The molecular formula is C15H18N2O2. The van der Waals surface area contributed by atoms with E-state index in [1.54, 1.807) is 0 Å². The van der Waals surface area contributed by atoms with Crippen molar-refractivity contribution in [1.82, 2.24) is 9.78 Å². The van der Waals surface area contributed by atoms with Crippen molar-refractivity contribution in [3.8, 4) is 5.69 Å². The lowest BCUT2D eigenvalue weighted by Gasteiger charge is -2.07. The Balaban J connectivity index is 2.32. The lowest BCUT2D eigenvalue weighted by molar-refractivity contribution is -0.136. The van der Waals surface area contributed by atoms with Crippen molar-refractivity contribution in [2.45, 2.75) is 33.6 Å². The third kappa shape index (κ3) is 2.84. The number of benzene rings is 1. The number of aromatic nitrogens is 2. The highest BCUT2D eigenvalue weighted by molar-refractivity contribution is 5.67. The van der Waals surface area contributed by atoms with E-state index in [4.69, 9.17) is 5.11 Å². The first-order chi connectivity index (χ1) is 8.99. The number of aryl methyl sites for hydroxylation is 2. The van der Waals surface area contributed by atoms with E-state index in [1.807, 2.05) is 42.8 Å². The maximum atomic E-state index is 10.6. The van der Waals surface area contributed by atoms with Crippen LogP contribution in [0.2, 0.25) is 0 Å². The largest absolute Gasteiger partial charge is 0.481 e. The summed E-state index contributed by atoms with van der Waals surface area (Å²) in [6, 6.07) is 7.88. The van der Waals surface area contributed by atoms with Gasteiger partial charge in [0.25, 0.3) is 0 Å². The van der Waals surface area contributed by atoms with Crippen molar-refractivity contribution in [3.05, 3.63) is 46.8 Å². The Hall–Kier alpha value is -2.10. The van der Waals surface area contributed by atoms with Crippen LogP contribution in [0.3, 0.4) is 0 Å². The average molecular weight is 258 g/mol. The van der Waals surface area contributed by atoms with Gasteiger partial charge in [0.1, 0.15) is 0 Å². The van der Waals surface area contributed by atoms with Gasteiger partial charge in [0.15, 0.2) is 0 Å². The van der Waals surface area contributed by atoms with E-state index in [9.17, 15) is 4.79 Å². The molecule has 0 aliphatic carbocycles. The van der Waals surface area contributed by atoms with E-state index in [1.165, 1.54) is 5.56 Å². The van der Waals surface area contributed by atoms with Crippen LogP contribution < -0.4 is 0 Å². The van der Waals surface area contributed by atoms with Gasteiger partial charge in [0.05, 0.1) is 11.4 Å². The zero-order valence-corrected chi connectivity index (χ0v) is 11.5. The predicted octanol–water partition coefficient (Wildman–Crippen LogP) is 2.81. The van der Waals surface area contributed by atoms with Gasteiger partial charge < -0.3 is 5.11 Å². The molecule has 1 aromatic carbocycles. The molecule has 100 valence electrons. The maximum Gasteiger partial charge on any atom is 0.303 e. The second-order valence-corrected chi connectivity index (χ2v) is 4.77. The Kier molecular flexibility index (Phi) is 3.69. The third-order valence-electron chi connectivity index (χ3n) is 3.44. The van der Waals surface area contributed by atoms with Crippen molar-refractivity contribution >= 4 is 5.97 Å². The minimum absolute atomic E-state index is 0.152. The van der Waals surface area contributed by atoms with Crippen molar-refractivity contribution in [3.63, 3.8) is 0 Å². The number of nitrogens with zero attached hydrogens (tertiary/aromatic N) is 2. The molecule has 1 aromatic heterocycles. The van der Waals surface area contributed by atoms with Crippen LogP contribution in [-0.4, -0.2) is 20.9 Å². The zero-order chi connectivity index (χ0) is 14.0. The molecule has 4 nitrogen and oxygen atoms in total. The van der Waals surface area contributed by atoms with Crippen molar-refractivity contribution in [2.24, 2.45) is 0 Å². The standard InChI is InChI=1S/C15H18N2O2/c1-10-11(2)16-17(12(10)3)14-6-4-5-13(9-14)7-8-15(18)19/h4-6,9H,7-8H2,1-3H3,(H,18,19). The average Bonchev–Trinajstić information content (AvgIpc) is 2.64. The van der Waals surface area contributed by atoms with Crippen LogP contribution in [0.1, 0.15) is 28.9 Å². The lowest BCUT2D eigenvalue weighted by Crippen LogP contribution is -2.01. The quantitative estimate of drug-likeness (QED) is 0.917. The normalized spacial score (nSPS) is 10.7. The summed E-state index contributed by atoms with van der Waals surface area (Å²) in [5.41, 5.74) is 5.33. The minimum Gasteiger partial charge on any atom is -0.481 e. The fraction of sp³-hybridized carbons (Fsp3) is 0.333. The van der Waals surface area contributed by atoms with Crippen LogP contribution in [0.4, 0.5) is 0 Å². The molecule has 0 atom stereocenters.